The Morgan fingerprint density at radius 3 is 2.43 bits per heavy atom. The number of amides is 1. The second-order valence-corrected chi connectivity index (χ2v) is 8.43. The average Bonchev–Trinajstić information content (AvgIpc) is 2.59. The van der Waals surface area contributed by atoms with E-state index >= 15 is 0 Å². The third kappa shape index (κ3) is 5.70. The maximum absolute atomic E-state index is 12.2. The molecule has 1 N–H and O–H groups in total. The fourth-order valence-electron chi connectivity index (χ4n) is 3.06. The van der Waals surface area contributed by atoms with Crippen LogP contribution in [0.2, 0.25) is 0 Å². The highest BCUT2D eigenvalue weighted by Gasteiger charge is 2.29. The van der Waals surface area contributed by atoms with Gasteiger partial charge < -0.3 is 10.1 Å². The minimum absolute atomic E-state index is 0.0540. The Labute approximate surface area is 139 Å². The SMILES string of the molecule is CCS(=O)(=O)N1CCC(C(=O)NCCCN2CCOCC2)CC1. The molecule has 134 valence electrons. The number of carbonyl (C=O) groups excluding carboxylic acids is 1. The van der Waals surface area contributed by atoms with Gasteiger partial charge in [-0.3, -0.25) is 9.69 Å². The van der Waals surface area contributed by atoms with Crippen LogP contribution in [0.5, 0.6) is 0 Å². The number of hydrogen-bond acceptors (Lipinski definition) is 5. The molecule has 2 aliphatic heterocycles. The molecule has 23 heavy (non-hydrogen) atoms. The maximum atomic E-state index is 12.2. The van der Waals surface area contributed by atoms with Crippen molar-refractivity contribution < 1.29 is 17.9 Å². The van der Waals surface area contributed by atoms with Gasteiger partial charge >= 0.3 is 0 Å². The molecule has 2 aliphatic rings. The summed E-state index contributed by atoms with van der Waals surface area (Å²) in [6, 6.07) is 0. The van der Waals surface area contributed by atoms with E-state index < -0.39 is 10.0 Å². The molecule has 2 rings (SSSR count). The van der Waals surface area contributed by atoms with Gasteiger partial charge in [-0.25, -0.2) is 12.7 Å². The summed E-state index contributed by atoms with van der Waals surface area (Å²) in [7, 11) is -3.12. The Hall–Kier alpha value is -0.700. The Morgan fingerprint density at radius 1 is 1.17 bits per heavy atom. The van der Waals surface area contributed by atoms with Crippen LogP contribution in [-0.4, -0.2) is 81.8 Å². The Bertz CT molecular complexity index is 469. The minimum Gasteiger partial charge on any atom is -0.379 e. The van der Waals surface area contributed by atoms with Crippen molar-refractivity contribution in [2.75, 3.05) is 58.2 Å². The predicted octanol–water partition coefficient (Wildman–Crippen LogP) is -0.113. The molecular weight excluding hydrogens is 318 g/mol. The summed E-state index contributed by atoms with van der Waals surface area (Å²) in [6.45, 7) is 7.78. The second kappa shape index (κ2) is 8.96. The summed E-state index contributed by atoms with van der Waals surface area (Å²) in [5.41, 5.74) is 0. The lowest BCUT2D eigenvalue weighted by Crippen LogP contribution is -2.44. The second-order valence-electron chi connectivity index (χ2n) is 6.17. The van der Waals surface area contributed by atoms with E-state index in [-0.39, 0.29) is 17.6 Å². The van der Waals surface area contributed by atoms with Crippen LogP contribution in [0.3, 0.4) is 0 Å². The van der Waals surface area contributed by atoms with Crippen LogP contribution in [0.1, 0.15) is 26.2 Å². The van der Waals surface area contributed by atoms with Gasteiger partial charge in [-0.05, 0) is 32.7 Å². The quantitative estimate of drug-likeness (QED) is 0.650. The van der Waals surface area contributed by atoms with Gasteiger partial charge in [0, 0.05) is 38.6 Å². The largest absolute Gasteiger partial charge is 0.379 e. The van der Waals surface area contributed by atoms with E-state index in [2.05, 4.69) is 10.2 Å². The van der Waals surface area contributed by atoms with Gasteiger partial charge in [0.05, 0.1) is 19.0 Å². The Balaban J connectivity index is 1.61. The first-order valence-electron chi connectivity index (χ1n) is 8.58. The minimum atomic E-state index is -3.12. The normalized spacial score (nSPS) is 22.1. The van der Waals surface area contributed by atoms with Crippen LogP contribution in [0, 0.1) is 5.92 Å². The van der Waals surface area contributed by atoms with Gasteiger partial charge in [0.25, 0.3) is 0 Å². The third-order valence-corrected chi connectivity index (χ3v) is 6.52. The highest BCUT2D eigenvalue weighted by atomic mass is 32.2. The van der Waals surface area contributed by atoms with Crippen molar-refractivity contribution in [1.29, 1.82) is 0 Å². The van der Waals surface area contributed by atoms with Crippen molar-refractivity contribution in [3.63, 3.8) is 0 Å². The molecule has 2 heterocycles. The molecule has 0 radical (unpaired) electrons. The molecule has 0 aromatic carbocycles. The van der Waals surface area contributed by atoms with Gasteiger partial charge in [-0.1, -0.05) is 0 Å². The predicted molar refractivity (Wildman–Crippen MR) is 88.6 cm³/mol. The van der Waals surface area contributed by atoms with Crippen LogP contribution >= 0.6 is 0 Å². The number of hydrogen-bond donors (Lipinski definition) is 1. The molecule has 0 aromatic heterocycles. The molecule has 8 heteroatoms. The summed E-state index contributed by atoms with van der Waals surface area (Å²) in [6.07, 6.45) is 2.18. The van der Waals surface area contributed by atoms with Gasteiger partial charge in [0.15, 0.2) is 0 Å². The van der Waals surface area contributed by atoms with Gasteiger partial charge in [-0.15, -0.1) is 0 Å². The third-order valence-electron chi connectivity index (χ3n) is 4.64. The van der Waals surface area contributed by atoms with Crippen molar-refractivity contribution in [1.82, 2.24) is 14.5 Å². The smallest absolute Gasteiger partial charge is 0.223 e. The van der Waals surface area contributed by atoms with Gasteiger partial charge in [0.2, 0.25) is 15.9 Å². The summed E-state index contributed by atoms with van der Waals surface area (Å²) in [4.78, 5) is 14.5. The number of morpholine rings is 1. The lowest BCUT2D eigenvalue weighted by molar-refractivity contribution is -0.126. The van der Waals surface area contributed by atoms with Crippen molar-refractivity contribution >= 4 is 15.9 Å². The zero-order valence-electron chi connectivity index (χ0n) is 14.0. The van der Waals surface area contributed by atoms with E-state index in [1.54, 1.807) is 6.92 Å². The highest BCUT2D eigenvalue weighted by Crippen LogP contribution is 2.19. The highest BCUT2D eigenvalue weighted by molar-refractivity contribution is 7.89. The van der Waals surface area contributed by atoms with Crippen molar-refractivity contribution in [3.05, 3.63) is 0 Å². The number of sulfonamides is 1. The fourth-order valence-corrected chi connectivity index (χ4v) is 4.19. The molecule has 0 aliphatic carbocycles. The lowest BCUT2D eigenvalue weighted by Gasteiger charge is -2.30. The Kier molecular flexibility index (Phi) is 7.26. The monoisotopic (exact) mass is 347 g/mol. The zero-order valence-corrected chi connectivity index (χ0v) is 14.8. The van der Waals surface area contributed by atoms with Gasteiger partial charge in [-0.2, -0.15) is 0 Å². The molecule has 0 aromatic rings. The van der Waals surface area contributed by atoms with Crippen molar-refractivity contribution in [2.45, 2.75) is 26.2 Å². The van der Waals surface area contributed by atoms with Crippen LogP contribution in [-0.2, 0) is 19.6 Å². The standard InChI is InChI=1S/C15H29N3O4S/c1-2-23(20,21)18-8-4-14(5-9-18)15(19)16-6-3-7-17-10-12-22-13-11-17/h14H,2-13H2,1H3,(H,16,19). The average molecular weight is 347 g/mol. The molecule has 7 nitrogen and oxygen atoms in total. The van der Waals surface area contributed by atoms with Crippen molar-refractivity contribution in [3.8, 4) is 0 Å². The molecule has 0 spiro atoms. The molecule has 1 amide bonds. The van der Waals surface area contributed by atoms with Crippen molar-refractivity contribution in [2.24, 2.45) is 5.92 Å². The molecule has 2 saturated heterocycles. The number of carbonyl (C=O) groups is 1. The van der Waals surface area contributed by atoms with E-state index in [0.29, 0.717) is 32.5 Å². The molecule has 0 saturated carbocycles. The van der Waals surface area contributed by atoms with E-state index in [1.165, 1.54) is 4.31 Å². The number of ether oxygens (including phenoxy) is 1. The van der Waals surface area contributed by atoms with Crippen LogP contribution in [0.25, 0.3) is 0 Å². The first-order valence-corrected chi connectivity index (χ1v) is 10.2. The molecular formula is C15H29N3O4S. The Morgan fingerprint density at radius 2 is 1.83 bits per heavy atom. The number of piperidine rings is 1. The fraction of sp³-hybridized carbons (Fsp3) is 0.933. The van der Waals surface area contributed by atoms with Crippen LogP contribution < -0.4 is 5.32 Å². The molecule has 0 atom stereocenters. The topological polar surface area (TPSA) is 79.0 Å². The first kappa shape index (κ1) is 18.6. The van der Waals surface area contributed by atoms with Crippen LogP contribution in [0.15, 0.2) is 0 Å². The lowest BCUT2D eigenvalue weighted by atomic mass is 9.97. The summed E-state index contributed by atoms with van der Waals surface area (Å²) < 4.78 is 30.4. The summed E-state index contributed by atoms with van der Waals surface area (Å²) >= 11 is 0. The van der Waals surface area contributed by atoms with E-state index in [0.717, 1.165) is 39.3 Å². The van der Waals surface area contributed by atoms with Gasteiger partial charge in [0.1, 0.15) is 0 Å². The maximum Gasteiger partial charge on any atom is 0.223 e. The number of nitrogens with one attached hydrogen (secondary N) is 1. The van der Waals surface area contributed by atoms with Crippen LogP contribution in [0.4, 0.5) is 0 Å². The summed E-state index contributed by atoms with van der Waals surface area (Å²) in [5, 5.41) is 2.99. The molecule has 0 unspecified atom stereocenters. The number of nitrogens with zero attached hydrogens (tertiary/aromatic N) is 2. The first-order chi connectivity index (χ1) is 11.0. The van der Waals surface area contributed by atoms with E-state index in [9.17, 15) is 13.2 Å². The van der Waals surface area contributed by atoms with E-state index in [4.69, 9.17) is 4.74 Å². The molecule has 0 bridgehead atoms. The van der Waals surface area contributed by atoms with E-state index in [1.807, 2.05) is 0 Å². The molecule has 2 fully saturated rings. The zero-order chi connectivity index (χ0) is 16.7. The summed E-state index contributed by atoms with van der Waals surface area (Å²) in [5.74, 6) is 0.146. The number of rotatable bonds is 7.